The Labute approximate surface area is 133 Å². The molecule has 1 atom stereocenters. The second kappa shape index (κ2) is 8.21. The van der Waals surface area contributed by atoms with Gasteiger partial charge in [-0.3, -0.25) is 0 Å². The van der Waals surface area contributed by atoms with Crippen molar-refractivity contribution in [2.45, 2.75) is 31.7 Å². The molecular weight excluding hydrogens is 276 g/mol. The Morgan fingerprint density at radius 1 is 1.10 bits per heavy atom. The summed E-state index contributed by atoms with van der Waals surface area (Å²) in [4.78, 5) is 2.63. The Bertz CT molecular complexity index is 403. The fourth-order valence-electron chi connectivity index (χ4n) is 3.42. The van der Waals surface area contributed by atoms with Crippen molar-refractivity contribution in [2.24, 2.45) is 5.92 Å². The van der Waals surface area contributed by atoms with E-state index in [1.54, 1.807) is 0 Å². The number of benzene rings is 1. The number of rotatable bonds is 6. The van der Waals surface area contributed by atoms with Gasteiger partial charge in [-0.25, -0.2) is 0 Å². The second-order valence-corrected chi connectivity index (χ2v) is 7.71. The summed E-state index contributed by atoms with van der Waals surface area (Å²) >= 11 is 2.13. The molecular formula is C18H28N2S. The molecule has 2 heterocycles. The largest absolute Gasteiger partial charge is 0.312 e. The van der Waals surface area contributed by atoms with E-state index in [0.717, 1.165) is 12.0 Å². The van der Waals surface area contributed by atoms with Crippen LogP contribution in [0.15, 0.2) is 30.3 Å². The fraction of sp³-hybridized carbons (Fsp3) is 0.667. The number of nitrogens with zero attached hydrogens (tertiary/aromatic N) is 1. The standard InChI is InChI=1S/C18H28N2S/c1-2-4-16(5-3-1)6-10-20-11-7-18(15-20)19-14-17-8-12-21-13-9-17/h1-5,17-19H,6-15H2. The summed E-state index contributed by atoms with van der Waals surface area (Å²) in [7, 11) is 0. The Morgan fingerprint density at radius 2 is 1.90 bits per heavy atom. The summed E-state index contributed by atoms with van der Waals surface area (Å²) in [5, 5.41) is 3.83. The topological polar surface area (TPSA) is 15.3 Å². The number of likely N-dealkylation sites (tertiary alicyclic amines) is 1. The van der Waals surface area contributed by atoms with Crippen molar-refractivity contribution in [2.75, 3.05) is 37.7 Å². The van der Waals surface area contributed by atoms with Crippen LogP contribution in [0.2, 0.25) is 0 Å². The van der Waals surface area contributed by atoms with Crippen LogP contribution in [0.4, 0.5) is 0 Å². The summed E-state index contributed by atoms with van der Waals surface area (Å²) in [5.41, 5.74) is 1.47. The minimum absolute atomic E-state index is 0.732. The zero-order valence-corrected chi connectivity index (χ0v) is 13.8. The zero-order valence-electron chi connectivity index (χ0n) is 13.0. The molecule has 2 aliphatic rings. The molecule has 1 N–H and O–H groups in total. The van der Waals surface area contributed by atoms with Gasteiger partial charge >= 0.3 is 0 Å². The van der Waals surface area contributed by atoms with Gasteiger partial charge in [-0.05, 0) is 61.8 Å². The van der Waals surface area contributed by atoms with Gasteiger partial charge in [0, 0.05) is 19.1 Å². The average molecular weight is 305 g/mol. The van der Waals surface area contributed by atoms with Crippen LogP contribution in [0.25, 0.3) is 0 Å². The molecule has 1 aromatic rings. The van der Waals surface area contributed by atoms with E-state index >= 15 is 0 Å². The molecule has 0 spiro atoms. The van der Waals surface area contributed by atoms with Crippen LogP contribution in [0.3, 0.4) is 0 Å². The Morgan fingerprint density at radius 3 is 2.71 bits per heavy atom. The normalized spacial score (nSPS) is 24.5. The summed E-state index contributed by atoms with van der Waals surface area (Å²) in [6.07, 6.45) is 5.36. The molecule has 0 bridgehead atoms. The molecule has 0 aromatic heterocycles. The molecule has 0 amide bonds. The third-order valence-corrected chi connectivity index (χ3v) is 5.92. The molecule has 1 aromatic carbocycles. The number of hydrogen-bond acceptors (Lipinski definition) is 3. The number of hydrogen-bond donors (Lipinski definition) is 1. The van der Waals surface area contributed by atoms with Gasteiger partial charge in [0.05, 0.1) is 0 Å². The molecule has 1 unspecified atom stereocenters. The first kappa shape index (κ1) is 15.4. The number of thioether (sulfide) groups is 1. The average Bonchev–Trinajstić information content (AvgIpc) is 3.01. The van der Waals surface area contributed by atoms with Gasteiger partial charge in [-0.1, -0.05) is 30.3 Å². The first-order valence-corrected chi connectivity index (χ1v) is 9.63. The third kappa shape index (κ3) is 5.01. The highest BCUT2D eigenvalue weighted by Gasteiger charge is 2.23. The van der Waals surface area contributed by atoms with E-state index in [4.69, 9.17) is 0 Å². The molecule has 2 nitrogen and oxygen atoms in total. The van der Waals surface area contributed by atoms with Crippen molar-refractivity contribution in [1.29, 1.82) is 0 Å². The summed E-state index contributed by atoms with van der Waals surface area (Å²) in [6, 6.07) is 11.6. The third-order valence-electron chi connectivity index (χ3n) is 4.87. The van der Waals surface area contributed by atoms with Crippen molar-refractivity contribution in [1.82, 2.24) is 10.2 Å². The highest BCUT2D eigenvalue weighted by Crippen LogP contribution is 2.22. The molecule has 0 saturated carbocycles. The van der Waals surface area contributed by atoms with Gasteiger partial charge in [0.15, 0.2) is 0 Å². The minimum atomic E-state index is 0.732. The predicted octanol–water partition coefficient (Wildman–Crippen LogP) is 3.04. The molecule has 3 heteroatoms. The Balaban J connectivity index is 1.33. The van der Waals surface area contributed by atoms with Crippen molar-refractivity contribution in [3.63, 3.8) is 0 Å². The number of nitrogens with one attached hydrogen (secondary N) is 1. The van der Waals surface area contributed by atoms with Crippen molar-refractivity contribution >= 4 is 11.8 Å². The molecule has 2 aliphatic heterocycles. The lowest BCUT2D eigenvalue weighted by molar-refractivity contribution is 0.326. The van der Waals surface area contributed by atoms with Crippen LogP contribution in [-0.2, 0) is 6.42 Å². The highest BCUT2D eigenvalue weighted by molar-refractivity contribution is 7.99. The van der Waals surface area contributed by atoms with Crippen LogP contribution in [0, 0.1) is 5.92 Å². The summed E-state index contributed by atoms with van der Waals surface area (Å²) < 4.78 is 0. The van der Waals surface area contributed by atoms with Crippen molar-refractivity contribution < 1.29 is 0 Å². The Kier molecular flexibility index (Phi) is 6.02. The maximum absolute atomic E-state index is 3.83. The second-order valence-electron chi connectivity index (χ2n) is 6.49. The van der Waals surface area contributed by atoms with E-state index in [0.29, 0.717) is 0 Å². The zero-order chi connectivity index (χ0) is 14.3. The van der Waals surface area contributed by atoms with Gasteiger partial charge in [0.25, 0.3) is 0 Å². The summed E-state index contributed by atoms with van der Waals surface area (Å²) in [6.45, 7) is 4.97. The predicted molar refractivity (Wildman–Crippen MR) is 93.0 cm³/mol. The van der Waals surface area contributed by atoms with Crippen LogP contribution < -0.4 is 5.32 Å². The minimum Gasteiger partial charge on any atom is -0.312 e. The van der Waals surface area contributed by atoms with E-state index in [1.807, 2.05) is 0 Å². The maximum atomic E-state index is 3.83. The maximum Gasteiger partial charge on any atom is 0.0207 e. The van der Waals surface area contributed by atoms with E-state index in [2.05, 4.69) is 52.3 Å². The molecule has 116 valence electrons. The van der Waals surface area contributed by atoms with E-state index in [9.17, 15) is 0 Å². The monoisotopic (exact) mass is 304 g/mol. The fourth-order valence-corrected chi connectivity index (χ4v) is 4.62. The van der Waals surface area contributed by atoms with E-state index in [1.165, 1.54) is 68.9 Å². The molecule has 2 saturated heterocycles. The molecule has 2 fully saturated rings. The quantitative estimate of drug-likeness (QED) is 0.869. The van der Waals surface area contributed by atoms with Crippen LogP contribution in [0.5, 0.6) is 0 Å². The van der Waals surface area contributed by atoms with Crippen LogP contribution >= 0.6 is 11.8 Å². The molecule has 0 aliphatic carbocycles. The van der Waals surface area contributed by atoms with E-state index in [-0.39, 0.29) is 0 Å². The van der Waals surface area contributed by atoms with Crippen molar-refractivity contribution in [3.8, 4) is 0 Å². The van der Waals surface area contributed by atoms with Gasteiger partial charge in [0.2, 0.25) is 0 Å². The van der Waals surface area contributed by atoms with Gasteiger partial charge in [-0.2, -0.15) is 11.8 Å². The molecule has 21 heavy (non-hydrogen) atoms. The molecule has 3 rings (SSSR count). The SMILES string of the molecule is c1ccc(CCN2CCC(NCC3CCSCC3)C2)cc1. The van der Waals surface area contributed by atoms with Gasteiger partial charge in [-0.15, -0.1) is 0 Å². The van der Waals surface area contributed by atoms with Crippen LogP contribution in [-0.4, -0.2) is 48.6 Å². The van der Waals surface area contributed by atoms with Gasteiger partial charge in [0.1, 0.15) is 0 Å². The van der Waals surface area contributed by atoms with Gasteiger partial charge < -0.3 is 10.2 Å². The lowest BCUT2D eigenvalue weighted by Gasteiger charge is -2.24. The van der Waals surface area contributed by atoms with Crippen LogP contribution in [0.1, 0.15) is 24.8 Å². The first-order valence-electron chi connectivity index (χ1n) is 8.47. The Hall–Kier alpha value is -0.510. The lowest BCUT2D eigenvalue weighted by Crippen LogP contribution is -2.37. The lowest BCUT2D eigenvalue weighted by atomic mass is 10.0. The first-order chi connectivity index (χ1) is 10.4. The van der Waals surface area contributed by atoms with Crippen molar-refractivity contribution in [3.05, 3.63) is 35.9 Å². The van der Waals surface area contributed by atoms with E-state index < -0.39 is 0 Å². The highest BCUT2D eigenvalue weighted by atomic mass is 32.2. The molecule has 0 radical (unpaired) electrons. The summed E-state index contributed by atoms with van der Waals surface area (Å²) in [5.74, 6) is 3.69. The smallest absolute Gasteiger partial charge is 0.0207 e.